The zero-order valence-electron chi connectivity index (χ0n) is 34.5. The molecular weight excluding hydrogens is 812 g/mol. The molecule has 62 heavy (non-hydrogen) atoms. The van der Waals surface area contributed by atoms with Gasteiger partial charge >= 0.3 is 35.8 Å². The van der Waals surface area contributed by atoms with E-state index in [9.17, 15) is 69.0 Å². The molecule has 10 N–H and O–H groups in total. The molecule has 6 heterocycles. The molecule has 2 fully saturated rings. The number of carbonyl (C=O) groups is 8. The Balaban J connectivity index is 1.64. The van der Waals surface area contributed by atoms with Crippen LogP contribution in [0.25, 0.3) is 0 Å². The molecule has 8 bridgehead atoms. The number of fused-ring (bicyclic) bond motifs is 4. The summed E-state index contributed by atoms with van der Waals surface area (Å²) in [6, 6.07) is -1.65. The number of hydrogen-bond donors (Lipinski definition) is 9. The molecule has 0 aliphatic carbocycles. The van der Waals surface area contributed by atoms with Crippen LogP contribution in [0.5, 0.6) is 0 Å². The number of nitrogens with one attached hydrogen (secondary N) is 2. The van der Waals surface area contributed by atoms with Gasteiger partial charge in [0.15, 0.2) is 0 Å². The van der Waals surface area contributed by atoms with E-state index in [0.29, 0.717) is 11.4 Å². The fraction of sp³-hybridized carbons (Fsp3) is 0.643. The minimum atomic E-state index is -1.34. The summed E-state index contributed by atoms with van der Waals surface area (Å²) in [5.41, 5.74) is 3.94. The van der Waals surface area contributed by atoms with Crippen LogP contribution >= 0.6 is 0 Å². The van der Waals surface area contributed by atoms with Crippen molar-refractivity contribution in [1.29, 1.82) is 0 Å². The summed E-state index contributed by atoms with van der Waals surface area (Å²) in [5.74, 6) is -12.6. The van der Waals surface area contributed by atoms with Crippen molar-refractivity contribution < 1.29 is 69.0 Å². The van der Waals surface area contributed by atoms with E-state index in [2.05, 4.69) is 10.6 Å². The second-order valence-electron chi connectivity index (χ2n) is 18.2. The van der Waals surface area contributed by atoms with Gasteiger partial charge in [0.25, 0.3) is 0 Å². The lowest BCUT2D eigenvalue weighted by Gasteiger charge is -2.42. The van der Waals surface area contributed by atoms with Crippen LogP contribution in [0, 0.1) is 46.3 Å². The van der Waals surface area contributed by atoms with Crippen LogP contribution in [-0.2, 0) is 38.4 Å². The first-order valence-corrected chi connectivity index (χ1v) is 20.9. The maximum atomic E-state index is 13.6. The van der Waals surface area contributed by atoms with Gasteiger partial charge in [-0.1, -0.05) is 13.8 Å². The Labute approximate surface area is 355 Å². The third kappa shape index (κ3) is 8.99. The van der Waals surface area contributed by atoms with Gasteiger partial charge in [-0.2, -0.15) is 0 Å². The van der Waals surface area contributed by atoms with Crippen LogP contribution < -0.4 is 16.4 Å². The predicted molar refractivity (Wildman–Crippen MR) is 217 cm³/mol. The normalized spacial score (nSPS) is 34.4. The summed E-state index contributed by atoms with van der Waals surface area (Å²) in [4.78, 5) is 115. The minimum absolute atomic E-state index is 0.0225. The number of primary amides is 1. The molecule has 6 rings (SSSR count). The SMILES string of the molecule is C[C@@]12CC(=O)N[C@@]13C[C@@H]1N=C(CC4N=C(C=C5N=C(C=C(N3)[C@H]2CCC(=O)O)[C@@H](CC(=O)O)[C@@H]5CCC(=O)O)C(CCC(=O)O)[C@@H]4CC(=O)O)[C@@](C)(CC(N)=O)[C@@H]1CCC(=O)O. The van der Waals surface area contributed by atoms with Crippen molar-refractivity contribution in [2.24, 2.45) is 67.0 Å². The molecule has 1 spiro atoms. The number of carboxylic acid groups (broad SMARTS) is 6. The topological polar surface area (TPSA) is 345 Å². The van der Waals surface area contributed by atoms with E-state index in [1.165, 1.54) is 0 Å². The Morgan fingerprint density at radius 3 is 1.90 bits per heavy atom. The molecule has 20 nitrogen and oxygen atoms in total. The Morgan fingerprint density at radius 1 is 0.710 bits per heavy atom. The van der Waals surface area contributed by atoms with Gasteiger partial charge in [-0.3, -0.25) is 53.3 Å². The molecule has 6 aliphatic rings. The molecule has 336 valence electrons. The van der Waals surface area contributed by atoms with E-state index in [1.54, 1.807) is 19.1 Å². The summed E-state index contributed by atoms with van der Waals surface area (Å²) in [5, 5.41) is 66.4. The van der Waals surface area contributed by atoms with Crippen molar-refractivity contribution in [2.75, 3.05) is 0 Å². The quantitative estimate of drug-likeness (QED) is 0.0955. The average Bonchev–Trinajstić information content (AvgIpc) is 3.82. The van der Waals surface area contributed by atoms with Crippen molar-refractivity contribution in [3.8, 4) is 0 Å². The van der Waals surface area contributed by atoms with Crippen molar-refractivity contribution in [3.05, 3.63) is 23.5 Å². The van der Waals surface area contributed by atoms with E-state index < -0.39 is 119 Å². The molecule has 20 heteroatoms. The Hall–Kier alpha value is -5.95. The molecule has 0 aromatic rings. The largest absolute Gasteiger partial charge is 0.481 e. The number of rotatable bonds is 18. The van der Waals surface area contributed by atoms with Crippen molar-refractivity contribution in [3.63, 3.8) is 0 Å². The second-order valence-corrected chi connectivity index (χ2v) is 18.2. The number of aliphatic carboxylic acids is 6. The summed E-state index contributed by atoms with van der Waals surface area (Å²) in [6.45, 7) is 3.59. The molecule has 2 unspecified atom stereocenters. The number of aliphatic imine (C=N–C) groups is 3. The standard InChI is InChI=1S/C42H54N6O14/c1-40(17-32(43)49)23(5-9-36(55)56)30-16-42-41(2,18-33(50)48-42)24(6-10-37(57)58)29(47-42)14-27-21(11-38(59)60)19(3-7-34(51)52)25(44-27)13-26-20(4-8-35(53)54)22(12-39(61)62)28(45-26)15-31(40)46-30/h13-14,19-24,28,30,47H,3-12,15-18H2,1-2H3,(H2,43,49)(H,48,50)(H,51,52)(H,53,54)(H,55,56)(H,57,58)(H,59,60)(H,61,62)/t19-,20?,21-,22-,23+,24+,28?,30-,40-,41-,42-/m0/s1. The fourth-order valence-electron chi connectivity index (χ4n) is 11.6. The molecule has 2 amide bonds. The first-order valence-electron chi connectivity index (χ1n) is 20.9. The Bertz CT molecular complexity index is 2110. The molecule has 11 atom stereocenters. The number of carboxylic acids is 6. The lowest BCUT2D eigenvalue weighted by molar-refractivity contribution is -0.139. The lowest BCUT2D eigenvalue weighted by atomic mass is 9.63. The number of hydrogen-bond acceptors (Lipinski definition) is 12. The van der Waals surface area contributed by atoms with Crippen molar-refractivity contribution in [1.82, 2.24) is 10.6 Å². The second kappa shape index (κ2) is 17.4. The Morgan fingerprint density at radius 2 is 1.31 bits per heavy atom. The minimum Gasteiger partial charge on any atom is -0.481 e. The Kier molecular flexibility index (Phi) is 12.8. The first kappa shape index (κ1) is 45.6. The monoisotopic (exact) mass is 866 g/mol. The first-order chi connectivity index (χ1) is 29.0. The number of allylic oxidation sites excluding steroid dienone is 4. The van der Waals surface area contributed by atoms with Crippen LogP contribution in [0.1, 0.15) is 104 Å². The number of amides is 2. The fourth-order valence-corrected chi connectivity index (χ4v) is 11.6. The van der Waals surface area contributed by atoms with Gasteiger partial charge in [-0.05, 0) is 43.8 Å². The van der Waals surface area contributed by atoms with E-state index >= 15 is 0 Å². The van der Waals surface area contributed by atoms with Crippen molar-refractivity contribution >= 4 is 64.8 Å². The van der Waals surface area contributed by atoms with Gasteiger partial charge in [0, 0.05) is 120 Å². The maximum Gasteiger partial charge on any atom is 0.304 e. The number of nitrogens with zero attached hydrogens (tertiary/aromatic N) is 3. The van der Waals surface area contributed by atoms with E-state index in [1.807, 2.05) is 6.92 Å². The van der Waals surface area contributed by atoms with Crippen molar-refractivity contribution in [2.45, 2.75) is 121 Å². The average molecular weight is 867 g/mol. The summed E-state index contributed by atoms with van der Waals surface area (Å²) < 4.78 is 0. The molecular formula is C42H54N6O14. The third-order valence-corrected chi connectivity index (χ3v) is 14.3. The van der Waals surface area contributed by atoms with Crippen LogP contribution in [-0.4, -0.2) is 113 Å². The molecule has 2 saturated heterocycles. The smallest absolute Gasteiger partial charge is 0.304 e. The summed E-state index contributed by atoms with van der Waals surface area (Å²) in [6.07, 6.45) is 0.542. The third-order valence-electron chi connectivity index (χ3n) is 14.3. The van der Waals surface area contributed by atoms with Gasteiger partial charge in [0.1, 0.15) is 5.66 Å². The predicted octanol–water partition coefficient (Wildman–Crippen LogP) is 2.46. The van der Waals surface area contributed by atoms with Gasteiger partial charge in [-0.25, -0.2) is 0 Å². The highest BCUT2D eigenvalue weighted by molar-refractivity contribution is 6.05. The van der Waals surface area contributed by atoms with Gasteiger partial charge in [-0.15, -0.1) is 0 Å². The van der Waals surface area contributed by atoms with E-state index in [0.717, 1.165) is 0 Å². The zero-order chi connectivity index (χ0) is 45.5. The maximum absolute atomic E-state index is 13.6. The molecule has 0 radical (unpaired) electrons. The number of nitrogens with two attached hydrogens (primary N) is 1. The number of carbonyl (C=O) groups excluding carboxylic acids is 2. The highest BCUT2D eigenvalue weighted by atomic mass is 16.4. The molecule has 6 aliphatic heterocycles. The van der Waals surface area contributed by atoms with Gasteiger partial charge in [0.2, 0.25) is 11.8 Å². The van der Waals surface area contributed by atoms with Crippen LogP contribution in [0.4, 0.5) is 0 Å². The van der Waals surface area contributed by atoms with Gasteiger partial charge < -0.3 is 47.0 Å². The molecule has 0 saturated carbocycles. The highest BCUT2D eigenvalue weighted by Gasteiger charge is 2.66. The summed E-state index contributed by atoms with van der Waals surface area (Å²) >= 11 is 0. The van der Waals surface area contributed by atoms with Crippen LogP contribution in [0.2, 0.25) is 0 Å². The van der Waals surface area contributed by atoms with E-state index in [-0.39, 0.29) is 100 Å². The van der Waals surface area contributed by atoms with Crippen LogP contribution in [0.3, 0.4) is 0 Å². The van der Waals surface area contributed by atoms with Gasteiger partial charge in [0.05, 0.1) is 24.9 Å². The van der Waals surface area contributed by atoms with Crippen LogP contribution in [0.15, 0.2) is 38.5 Å². The van der Waals surface area contributed by atoms with E-state index in [4.69, 9.17) is 20.7 Å². The molecule has 0 aromatic heterocycles. The molecule has 0 aromatic carbocycles. The zero-order valence-corrected chi connectivity index (χ0v) is 34.5. The lowest BCUT2D eigenvalue weighted by Crippen LogP contribution is -2.59. The highest BCUT2D eigenvalue weighted by Crippen LogP contribution is 2.59. The summed E-state index contributed by atoms with van der Waals surface area (Å²) in [7, 11) is 0.